The van der Waals surface area contributed by atoms with Gasteiger partial charge in [0.2, 0.25) is 12.6 Å². The summed E-state index contributed by atoms with van der Waals surface area (Å²) >= 11 is 0. The van der Waals surface area contributed by atoms with E-state index >= 15 is 4.39 Å². The van der Waals surface area contributed by atoms with Crippen LogP contribution in [-0.4, -0.2) is 111 Å². The Morgan fingerprint density at radius 1 is 0.986 bits per heavy atom. The number of pyridine rings is 1. The largest absolute Gasteiger partial charge is 0.493 e. The number of carbonyl (C=O) groups excluding carboxylic acids is 2. The molecule has 2 aliphatic heterocycles. The molecule has 2 saturated heterocycles. The van der Waals surface area contributed by atoms with E-state index in [1.54, 1.807) is 41.6 Å². The number of piperazine rings is 1. The highest BCUT2D eigenvalue weighted by molar-refractivity contribution is 5.86. The average molecular weight is 1010 g/mol. The van der Waals surface area contributed by atoms with Crippen LogP contribution in [0.1, 0.15) is 63.4 Å². The third-order valence-corrected chi connectivity index (χ3v) is 13.4. The predicted octanol–water partition coefficient (Wildman–Crippen LogP) is 4.37. The first-order valence-corrected chi connectivity index (χ1v) is 24.4. The number of nitrogens with two attached hydrogens (primary N) is 2. The van der Waals surface area contributed by atoms with Crippen molar-refractivity contribution in [2.24, 2.45) is 17.4 Å². The number of aliphatic hydroxyl groups is 1. The topological polar surface area (TPSA) is 227 Å². The molecule has 6 atom stereocenters. The first-order valence-electron chi connectivity index (χ1n) is 24.4. The molecule has 2 aliphatic rings. The van der Waals surface area contributed by atoms with Gasteiger partial charge < -0.3 is 45.3 Å². The maximum absolute atomic E-state index is 15.6. The minimum atomic E-state index is -1.24. The summed E-state index contributed by atoms with van der Waals surface area (Å²) in [6, 6.07) is 21.2. The lowest BCUT2D eigenvalue weighted by molar-refractivity contribution is -0.753. The Hall–Kier alpha value is -7.27. The molecule has 6 aromatic rings. The minimum Gasteiger partial charge on any atom is -0.493 e. The number of hydrogen-bond acceptors (Lipinski definition) is 15. The number of rotatable bonds is 20. The Bertz CT molecular complexity index is 2870. The van der Waals surface area contributed by atoms with E-state index in [2.05, 4.69) is 25.0 Å². The lowest BCUT2D eigenvalue weighted by Gasteiger charge is -2.37. The number of esters is 1. The van der Waals surface area contributed by atoms with Crippen molar-refractivity contribution in [1.82, 2.24) is 29.1 Å². The SMILES string of the molecule is CC[C@@H]([C@H](C)O)n1ncn(-c2ccc(N3CCN(c4ccc(OC[C@@H]5CO[C@@](Cn6c[n+](C(C)OC(=O)N(C)c7ncccc7COC(=O)[C@@H](N)CCN)cn6)(c6ccc(F)cc6F)C5)cc4)CC3)cc2)c1=O. The van der Waals surface area contributed by atoms with Gasteiger partial charge in [-0.1, -0.05) is 19.1 Å². The number of carbonyl (C=O) groups is 2. The molecule has 22 heteroatoms. The summed E-state index contributed by atoms with van der Waals surface area (Å²) in [6.45, 7) is 9.03. The van der Waals surface area contributed by atoms with Crippen LogP contribution >= 0.6 is 0 Å². The van der Waals surface area contributed by atoms with Crippen molar-refractivity contribution < 1.29 is 47.0 Å². The zero-order valence-electron chi connectivity index (χ0n) is 41.4. The second kappa shape index (κ2) is 23.1. The van der Waals surface area contributed by atoms with E-state index in [0.717, 1.165) is 43.6 Å². The summed E-state index contributed by atoms with van der Waals surface area (Å²) in [4.78, 5) is 48.9. The molecule has 1 amide bonds. The van der Waals surface area contributed by atoms with Crippen LogP contribution < -0.4 is 41.2 Å². The van der Waals surface area contributed by atoms with E-state index in [1.807, 2.05) is 55.5 Å². The molecule has 0 bridgehead atoms. The summed E-state index contributed by atoms with van der Waals surface area (Å²) in [6.07, 6.45) is 4.93. The van der Waals surface area contributed by atoms with E-state index in [4.69, 9.17) is 30.4 Å². The average Bonchev–Trinajstić information content (AvgIpc) is 4.14. The van der Waals surface area contributed by atoms with E-state index in [-0.39, 0.29) is 62.3 Å². The smallest absolute Gasteiger partial charge is 0.418 e. The number of halogens is 2. The summed E-state index contributed by atoms with van der Waals surface area (Å²) in [5.41, 5.74) is 13.2. The van der Waals surface area contributed by atoms with Crippen LogP contribution in [0.3, 0.4) is 0 Å². The number of aromatic nitrogens is 7. The van der Waals surface area contributed by atoms with Crippen molar-refractivity contribution in [1.29, 1.82) is 0 Å². The Morgan fingerprint density at radius 2 is 1.67 bits per heavy atom. The molecule has 2 fully saturated rings. The van der Waals surface area contributed by atoms with Gasteiger partial charge in [0.05, 0.1) is 31.0 Å². The van der Waals surface area contributed by atoms with Gasteiger partial charge in [-0.15, -0.1) is 4.68 Å². The fourth-order valence-electron chi connectivity index (χ4n) is 9.31. The van der Waals surface area contributed by atoms with Gasteiger partial charge in [-0.3, -0.25) is 9.69 Å². The van der Waals surface area contributed by atoms with Crippen molar-refractivity contribution in [3.63, 3.8) is 0 Å². The van der Waals surface area contributed by atoms with Crippen molar-refractivity contribution in [2.45, 2.75) is 83.2 Å². The van der Waals surface area contributed by atoms with Crippen LogP contribution in [0.2, 0.25) is 0 Å². The molecule has 0 saturated carbocycles. The molecule has 388 valence electrons. The third-order valence-electron chi connectivity index (χ3n) is 13.4. The second-order valence-electron chi connectivity index (χ2n) is 18.5. The summed E-state index contributed by atoms with van der Waals surface area (Å²) in [7, 11) is 1.48. The van der Waals surface area contributed by atoms with Gasteiger partial charge >= 0.3 is 17.8 Å². The Morgan fingerprint density at radius 3 is 2.33 bits per heavy atom. The molecular weight excluding hydrogens is 947 g/mol. The molecule has 3 aromatic heterocycles. The highest BCUT2D eigenvalue weighted by Crippen LogP contribution is 2.42. The van der Waals surface area contributed by atoms with Crippen molar-refractivity contribution in [2.75, 3.05) is 67.7 Å². The van der Waals surface area contributed by atoms with Crippen LogP contribution in [-0.2, 0) is 37.8 Å². The molecule has 3 aromatic carbocycles. The standard InChI is InChI=1S/C51H63F2N12O8/c1-5-46(34(2)66)65-49(68)64(32-58-65)41-11-9-39(10-12-41)60-21-23-61(24-22-60)40-13-15-42(16-14-40)70-27-36-26-51(72-28-36,43-17-8-38(52)25-44(43)53)30-63-33-62(31-57-63)35(3)73-50(69)59(4)47-37(7-6-20-56-47)29-71-48(67)45(55)18-19-54/h6-17,20,25,31-36,45-46,66H,5,18-19,21-24,26-30,54-55H2,1-4H3/q+1/t34-,35?,36+,45-,46-,51-/m0/s1. The molecule has 8 rings (SSSR count). The van der Waals surface area contributed by atoms with Crippen LogP contribution in [0.5, 0.6) is 5.75 Å². The highest BCUT2D eigenvalue weighted by Gasteiger charge is 2.46. The van der Waals surface area contributed by atoms with E-state index in [9.17, 15) is 23.9 Å². The number of benzene rings is 3. The van der Waals surface area contributed by atoms with E-state index in [1.165, 1.54) is 52.2 Å². The van der Waals surface area contributed by atoms with Crippen molar-refractivity contribution in [3.8, 4) is 11.4 Å². The van der Waals surface area contributed by atoms with Crippen LogP contribution in [0, 0.1) is 17.6 Å². The fraction of sp³-hybridized carbons (Fsp3) is 0.431. The Labute approximate surface area is 421 Å². The molecular formula is C51H63F2N12O8+. The molecule has 73 heavy (non-hydrogen) atoms. The lowest BCUT2D eigenvalue weighted by Crippen LogP contribution is -2.46. The van der Waals surface area contributed by atoms with Gasteiger partial charge in [0.25, 0.3) is 6.33 Å². The zero-order chi connectivity index (χ0) is 51.8. The summed E-state index contributed by atoms with van der Waals surface area (Å²) in [5.74, 6) is -1.36. The molecule has 5 N–H and O–H groups in total. The highest BCUT2D eigenvalue weighted by atomic mass is 19.1. The number of hydrogen-bond donors (Lipinski definition) is 3. The van der Waals surface area contributed by atoms with Gasteiger partial charge in [-0.2, -0.15) is 9.67 Å². The molecule has 0 spiro atoms. The van der Waals surface area contributed by atoms with Gasteiger partial charge in [-0.05, 0) is 93.4 Å². The molecule has 20 nitrogen and oxygen atoms in total. The maximum atomic E-state index is 15.6. The lowest BCUT2D eigenvalue weighted by atomic mass is 9.87. The number of ether oxygens (including phenoxy) is 4. The van der Waals surface area contributed by atoms with Crippen molar-refractivity contribution >= 4 is 29.3 Å². The Balaban J connectivity index is 0.847. The fourth-order valence-corrected chi connectivity index (χ4v) is 9.31. The molecule has 0 aliphatic carbocycles. The van der Waals surface area contributed by atoms with Gasteiger partial charge in [0, 0.05) is 85.9 Å². The van der Waals surface area contributed by atoms with Crippen LogP contribution in [0.4, 0.5) is 30.8 Å². The number of nitrogens with zero attached hydrogens (tertiary/aromatic N) is 10. The summed E-state index contributed by atoms with van der Waals surface area (Å²) < 4.78 is 59.6. The van der Waals surface area contributed by atoms with Crippen molar-refractivity contribution in [3.05, 3.63) is 137 Å². The quantitative estimate of drug-likeness (QED) is 0.0713. The number of aliphatic hydroxyl groups excluding tert-OH is 1. The normalized spacial score (nSPS) is 18.5. The molecule has 1 unspecified atom stereocenters. The molecule has 0 radical (unpaired) electrons. The van der Waals surface area contributed by atoms with Gasteiger partial charge in [0.15, 0.2) is 0 Å². The van der Waals surface area contributed by atoms with Crippen LogP contribution in [0.15, 0.2) is 109 Å². The first kappa shape index (κ1) is 52.1. The Kier molecular flexibility index (Phi) is 16.5. The minimum absolute atomic E-state index is 0.0522. The molecule has 5 heterocycles. The van der Waals surface area contributed by atoms with Gasteiger partial charge in [0.1, 0.15) is 54.3 Å². The van der Waals surface area contributed by atoms with E-state index in [0.29, 0.717) is 29.8 Å². The van der Waals surface area contributed by atoms with Crippen LogP contribution in [0.25, 0.3) is 5.69 Å². The number of anilines is 3. The monoisotopic (exact) mass is 1010 g/mol. The number of amides is 1. The van der Waals surface area contributed by atoms with E-state index < -0.39 is 53.7 Å². The zero-order valence-corrected chi connectivity index (χ0v) is 41.4. The predicted molar refractivity (Wildman–Crippen MR) is 265 cm³/mol. The third kappa shape index (κ3) is 12.0. The maximum Gasteiger partial charge on any atom is 0.418 e. The summed E-state index contributed by atoms with van der Waals surface area (Å²) in [5, 5.41) is 18.9. The second-order valence-corrected chi connectivity index (χ2v) is 18.5. The van der Waals surface area contributed by atoms with Gasteiger partial charge in [-0.25, -0.2) is 32.6 Å². The first-order chi connectivity index (χ1) is 35.2.